The molecule has 1 fully saturated rings. The number of aromatic nitrogens is 1. The van der Waals surface area contributed by atoms with Crippen LogP contribution in [0.3, 0.4) is 0 Å². The lowest BCUT2D eigenvalue weighted by atomic mass is 9.99. The average Bonchev–Trinajstić information content (AvgIpc) is 2.90. The number of hydrogen-bond donors (Lipinski definition) is 1. The van der Waals surface area contributed by atoms with E-state index >= 15 is 0 Å². The number of halogens is 1. The summed E-state index contributed by atoms with van der Waals surface area (Å²) in [5.41, 5.74) is 3.01. The molecule has 0 bridgehead atoms. The van der Waals surface area contributed by atoms with Crippen LogP contribution in [-0.2, 0) is 0 Å². The van der Waals surface area contributed by atoms with Crippen LogP contribution in [-0.4, -0.2) is 17.6 Å². The number of allylic oxidation sites excluding steroid dienone is 1. The Labute approximate surface area is 109 Å². The van der Waals surface area contributed by atoms with Crippen molar-refractivity contribution in [3.63, 3.8) is 0 Å². The molecule has 4 heteroatoms. The smallest absolute Gasteiger partial charge is 0.123 e. The molecule has 2 aliphatic rings. The lowest BCUT2D eigenvalue weighted by Crippen LogP contribution is -2.20. The van der Waals surface area contributed by atoms with Gasteiger partial charge in [-0.1, -0.05) is 6.08 Å². The third kappa shape index (κ3) is 1.90. The summed E-state index contributed by atoms with van der Waals surface area (Å²) < 4.78 is 0.626. The van der Waals surface area contributed by atoms with Crippen LogP contribution in [0, 0.1) is 17.2 Å². The highest BCUT2D eigenvalue weighted by Gasteiger charge is 2.31. The van der Waals surface area contributed by atoms with Gasteiger partial charge in [-0.15, -0.1) is 0 Å². The largest absolute Gasteiger partial charge is 0.310 e. The summed E-state index contributed by atoms with van der Waals surface area (Å²) in [6, 6.07) is 4.60. The fourth-order valence-corrected chi connectivity index (χ4v) is 2.99. The van der Waals surface area contributed by atoms with Gasteiger partial charge in [0, 0.05) is 12.2 Å². The predicted molar refractivity (Wildman–Crippen MR) is 69.1 cm³/mol. The quantitative estimate of drug-likeness (QED) is 0.808. The Balaban J connectivity index is 1.93. The molecule has 2 atom stereocenters. The Hall–Kier alpha value is -1.18. The first kappa shape index (κ1) is 10.9. The fraction of sp³-hybridized carbons (Fsp3) is 0.385. The Bertz CT molecular complexity index is 530. The second kappa shape index (κ2) is 4.25. The van der Waals surface area contributed by atoms with Crippen molar-refractivity contribution < 1.29 is 0 Å². The van der Waals surface area contributed by atoms with Crippen molar-refractivity contribution in [1.29, 1.82) is 5.26 Å². The Morgan fingerprint density at radius 3 is 3.18 bits per heavy atom. The summed E-state index contributed by atoms with van der Waals surface area (Å²) in [7, 11) is 0. The molecule has 3 rings (SSSR count). The highest BCUT2D eigenvalue weighted by molar-refractivity contribution is 9.10. The highest BCUT2D eigenvalue weighted by Crippen LogP contribution is 2.37. The van der Waals surface area contributed by atoms with Gasteiger partial charge in [-0.3, -0.25) is 0 Å². The van der Waals surface area contributed by atoms with Crippen LogP contribution in [0.5, 0.6) is 0 Å². The standard InChI is InChI=1S/C13H12BrN3/c14-13-10(6-15)4-11(7-17-13)9-3-8-1-2-16-12(8)5-9/h4-5,7-8,12,16H,1-3H2/t8-,12+/m0/s1. The molecule has 0 saturated carbocycles. The normalized spacial score (nSPS) is 26.5. The van der Waals surface area contributed by atoms with Crippen LogP contribution in [0.4, 0.5) is 0 Å². The molecule has 0 radical (unpaired) electrons. The van der Waals surface area contributed by atoms with E-state index < -0.39 is 0 Å². The van der Waals surface area contributed by atoms with E-state index in [2.05, 4.69) is 38.4 Å². The minimum absolute atomic E-state index is 0.527. The zero-order valence-electron chi connectivity index (χ0n) is 9.28. The van der Waals surface area contributed by atoms with E-state index in [1.165, 1.54) is 12.0 Å². The van der Waals surface area contributed by atoms with Crippen molar-refractivity contribution in [2.24, 2.45) is 5.92 Å². The molecule has 0 spiro atoms. The van der Waals surface area contributed by atoms with E-state index in [0.717, 1.165) is 24.4 Å². The maximum atomic E-state index is 9.00. The first-order chi connectivity index (χ1) is 8.28. The summed E-state index contributed by atoms with van der Waals surface area (Å²) in [5.74, 6) is 0.735. The number of rotatable bonds is 1. The van der Waals surface area contributed by atoms with E-state index in [9.17, 15) is 0 Å². The van der Waals surface area contributed by atoms with Gasteiger partial charge in [0.05, 0.1) is 5.56 Å². The van der Waals surface area contributed by atoms with Crippen LogP contribution >= 0.6 is 15.9 Å². The van der Waals surface area contributed by atoms with Crippen LogP contribution in [0.2, 0.25) is 0 Å². The van der Waals surface area contributed by atoms with Gasteiger partial charge < -0.3 is 5.32 Å². The number of fused-ring (bicyclic) bond motifs is 1. The monoisotopic (exact) mass is 289 g/mol. The molecule has 86 valence electrons. The van der Waals surface area contributed by atoms with Gasteiger partial charge in [0.1, 0.15) is 10.7 Å². The van der Waals surface area contributed by atoms with Crippen molar-refractivity contribution in [1.82, 2.24) is 10.3 Å². The first-order valence-corrected chi connectivity index (χ1v) is 6.57. The maximum Gasteiger partial charge on any atom is 0.123 e. The molecule has 17 heavy (non-hydrogen) atoms. The summed E-state index contributed by atoms with van der Waals surface area (Å²) >= 11 is 3.28. The number of nitrogens with one attached hydrogen (secondary N) is 1. The molecule has 0 unspecified atom stereocenters. The molecule has 1 saturated heterocycles. The van der Waals surface area contributed by atoms with Crippen LogP contribution in [0.15, 0.2) is 22.9 Å². The molecule has 0 amide bonds. The van der Waals surface area contributed by atoms with E-state index in [0.29, 0.717) is 16.2 Å². The molecule has 1 aliphatic heterocycles. The third-order valence-corrected chi connectivity index (χ3v) is 4.23. The SMILES string of the molecule is N#Cc1cc(C2=C[C@H]3NCC[C@H]3C2)cnc1Br. The van der Waals surface area contributed by atoms with Gasteiger partial charge in [-0.2, -0.15) is 5.26 Å². The highest BCUT2D eigenvalue weighted by atomic mass is 79.9. The third-order valence-electron chi connectivity index (χ3n) is 3.60. The Kier molecular flexibility index (Phi) is 2.73. The summed E-state index contributed by atoms with van der Waals surface area (Å²) in [6.07, 6.45) is 6.49. The van der Waals surface area contributed by atoms with E-state index in [4.69, 9.17) is 5.26 Å². The zero-order chi connectivity index (χ0) is 11.8. The van der Waals surface area contributed by atoms with Crippen LogP contribution < -0.4 is 5.32 Å². The van der Waals surface area contributed by atoms with Gasteiger partial charge in [0.15, 0.2) is 0 Å². The van der Waals surface area contributed by atoms with E-state index in [1.54, 1.807) is 0 Å². The summed E-state index contributed by atoms with van der Waals surface area (Å²) in [5, 5.41) is 12.5. The minimum atomic E-state index is 0.527. The predicted octanol–water partition coefficient (Wildman–Crippen LogP) is 2.48. The van der Waals surface area contributed by atoms with Crippen molar-refractivity contribution in [2.75, 3.05) is 6.54 Å². The van der Waals surface area contributed by atoms with Gasteiger partial charge >= 0.3 is 0 Å². The van der Waals surface area contributed by atoms with Crippen molar-refractivity contribution in [3.8, 4) is 6.07 Å². The van der Waals surface area contributed by atoms with Crippen LogP contribution in [0.25, 0.3) is 5.57 Å². The molecule has 3 nitrogen and oxygen atoms in total. The Morgan fingerprint density at radius 2 is 2.41 bits per heavy atom. The van der Waals surface area contributed by atoms with Gasteiger partial charge in [-0.05, 0) is 58.4 Å². The minimum Gasteiger partial charge on any atom is -0.310 e. The first-order valence-electron chi connectivity index (χ1n) is 5.78. The molecular weight excluding hydrogens is 278 g/mol. The molecule has 0 aromatic carbocycles. The topological polar surface area (TPSA) is 48.7 Å². The van der Waals surface area contributed by atoms with Crippen molar-refractivity contribution >= 4 is 21.5 Å². The summed E-state index contributed by atoms with van der Waals surface area (Å²) in [6.45, 7) is 1.13. The van der Waals surface area contributed by atoms with Gasteiger partial charge in [-0.25, -0.2) is 4.98 Å². The Morgan fingerprint density at radius 1 is 1.53 bits per heavy atom. The summed E-state index contributed by atoms with van der Waals surface area (Å²) in [4.78, 5) is 4.22. The second-order valence-corrected chi connectivity index (χ2v) is 5.35. The molecule has 1 aromatic heterocycles. The molecule has 1 N–H and O–H groups in total. The van der Waals surface area contributed by atoms with Crippen LogP contribution in [0.1, 0.15) is 24.0 Å². The second-order valence-electron chi connectivity index (χ2n) is 4.60. The molecule has 1 aliphatic carbocycles. The number of pyridine rings is 1. The number of hydrogen-bond acceptors (Lipinski definition) is 3. The lowest BCUT2D eigenvalue weighted by Gasteiger charge is -2.07. The maximum absolute atomic E-state index is 9.00. The van der Waals surface area contributed by atoms with E-state index in [1.807, 2.05) is 12.3 Å². The fourth-order valence-electron chi connectivity index (χ4n) is 2.69. The van der Waals surface area contributed by atoms with Crippen molar-refractivity contribution in [2.45, 2.75) is 18.9 Å². The van der Waals surface area contributed by atoms with E-state index in [-0.39, 0.29) is 0 Å². The zero-order valence-corrected chi connectivity index (χ0v) is 10.9. The lowest BCUT2D eigenvalue weighted by molar-refractivity contribution is 0.553. The van der Waals surface area contributed by atoms with Gasteiger partial charge in [0.25, 0.3) is 0 Å². The molecule has 2 heterocycles. The molecular formula is C13H12BrN3. The number of nitrogens with zero attached hydrogens (tertiary/aromatic N) is 2. The van der Waals surface area contributed by atoms with Crippen molar-refractivity contribution in [3.05, 3.63) is 34.1 Å². The average molecular weight is 290 g/mol. The number of nitriles is 1. The molecule has 1 aromatic rings. The van der Waals surface area contributed by atoms with Gasteiger partial charge in [0.2, 0.25) is 0 Å².